The second-order valence-corrected chi connectivity index (χ2v) is 6.95. The lowest BCUT2D eigenvalue weighted by Gasteiger charge is -2.12. The summed E-state index contributed by atoms with van der Waals surface area (Å²) in [5, 5.41) is 14.5. The minimum Gasteiger partial charge on any atom is -0.480 e. The van der Waals surface area contributed by atoms with Crippen molar-refractivity contribution >= 4 is 33.8 Å². The fourth-order valence-corrected chi connectivity index (χ4v) is 3.82. The van der Waals surface area contributed by atoms with Crippen LogP contribution in [0.4, 0.5) is 5.13 Å². The molecule has 4 N–H and O–H groups in total. The van der Waals surface area contributed by atoms with Gasteiger partial charge in [0.1, 0.15) is 6.04 Å². The van der Waals surface area contributed by atoms with Crippen LogP contribution in [0.5, 0.6) is 0 Å². The minimum atomic E-state index is -1.07. The molecule has 2 aromatic heterocycles. The Morgan fingerprint density at radius 2 is 2.20 bits per heavy atom. The first-order valence-corrected chi connectivity index (χ1v) is 7.85. The Labute approximate surface area is 125 Å². The number of aliphatic carboxylic acids is 1. The van der Waals surface area contributed by atoms with Crippen LogP contribution in [0.3, 0.4) is 0 Å². The van der Waals surface area contributed by atoms with E-state index in [-0.39, 0.29) is 6.04 Å². The van der Waals surface area contributed by atoms with E-state index < -0.39 is 12.0 Å². The summed E-state index contributed by atoms with van der Waals surface area (Å²) in [6.07, 6.45) is 0. The number of thiazole rings is 1. The second-order valence-electron chi connectivity index (χ2n) is 4.63. The lowest BCUT2D eigenvalue weighted by molar-refractivity contribution is -0.138. The number of anilines is 1. The highest BCUT2D eigenvalue weighted by atomic mass is 32.1. The van der Waals surface area contributed by atoms with Gasteiger partial charge in [0.15, 0.2) is 5.13 Å². The highest BCUT2D eigenvalue weighted by Crippen LogP contribution is 2.30. The van der Waals surface area contributed by atoms with E-state index in [0.29, 0.717) is 10.8 Å². The molecule has 0 fully saturated rings. The highest BCUT2D eigenvalue weighted by Gasteiger charge is 2.19. The average Bonchev–Trinajstić information content (AvgIpc) is 2.95. The van der Waals surface area contributed by atoms with Gasteiger partial charge < -0.3 is 16.2 Å². The molecule has 0 saturated carbocycles. The van der Waals surface area contributed by atoms with Crippen molar-refractivity contribution in [3.63, 3.8) is 0 Å². The van der Waals surface area contributed by atoms with E-state index in [9.17, 15) is 4.79 Å². The molecule has 5 nitrogen and oxygen atoms in total. The first-order valence-electron chi connectivity index (χ1n) is 6.15. The monoisotopic (exact) mass is 311 g/mol. The zero-order valence-electron chi connectivity index (χ0n) is 11.5. The summed E-state index contributed by atoms with van der Waals surface area (Å²) in [5.41, 5.74) is 7.17. The van der Waals surface area contributed by atoms with Crippen molar-refractivity contribution in [2.75, 3.05) is 5.32 Å². The largest absolute Gasteiger partial charge is 0.480 e. The van der Waals surface area contributed by atoms with Crippen LogP contribution in [0.25, 0.3) is 0 Å². The number of nitrogens with zero attached hydrogens (tertiary/aromatic N) is 1. The van der Waals surface area contributed by atoms with E-state index in [1.807, 2.05) is 0 Å². The first kappa shape index (κ1) is 15.0. The molecule has 0 aliphatic heterocycles. The molecule has 108 valence electrons. The van der Waals surface area contributed by atoms with Crippen molar-refractivity contribution in [3.8, 4) is 0 Å². The summed E-state index contributed by atoms with van der Waals surface area (Å²) in [6.45, 7) is 6.24. The maximum atomic E-state index is 10.8. The van der Waals surface area contributed by atoms with Gasteiger partial charge in [-0.15, -0.1) is 22.7 Å². The summed E-state index contributed by atoms with van der Waals surface area (Å²) in [5.74, 6) is -1.07. The smallest absolute Gasteiger partial charge is 0.326 e. The summed E-state index contributed by atoms with van der Waals surface area (Å²) < 4.78 is 0. The van der Waals surface area contributed by atoms with Gasteiger partial charge in [-0.2, -0.15) is 0 Å². The molecule has 20 heavy (non-hydrogen) atoms. The van der Waals surface area contributed by atoms with Crippen molar-refractivity contribution in [1.82, 2.24) is 4.98 Å². The Kier molecular flexibility index (Phi) is 4.42. The predicted molar refractivity (Wildman–Crippen MR) is 82.5 cm³/mol. The molecule has 0 spiro atoms. The molecule has 2 unspecified atom stereocenters. The minimum absolute atomic E-state index is 0.125. The number of nitrogens with one attached hydrogen (secondary N) is 1. The molecule has 0 aromatic carbocycles. The number of thiophene rings is 1. The Morgan fingerprint density at radius 1 is 1.50 bits per heavy atom. The van der Waals surface area contributed by atoms with Gasteiger partial charge >= 0.3 is 5.97 Å². The van der Waals surface area contributed by atoms with Crippen molar-refractivity contribution < 1.29 is 9.90 Å². The molecule has 0 radical (unpaired) electrons. The molecule has 0 aliphatic rings. The standard InChI is InChI=1S/C13H17N3O2S2/c1-6-4-9(8(3)20-6)7(2)15-13-16-10(5-19-13)11(14)12(17)18/h4-5,7,11H,14H2,1-3H3,(H,15,16)(H,17,18). The Bertz CT molecular complexity index is 621. The van der Waals surface area contributed by atoms with Crippen LogP contribution in [-0.4, -0.2) is 16.1 Å². The first-order chi connectivity index (χ1) is 9.38. The third kappa shape index (κ3) is 3.17. The number of aryl methyl sites for hydroxylation is 2. The van der Waals surface area contributed by atoms with Crippen molar-refractivity contribution in [3.05, 3.63) is 32.5 Å². The number of rotatable bonds is 5. The quantitative estimate of drug-likeness (QED) is 0.789. The van der Waals surface area contributed by atoms with Gasteiger partial charge in [0.2, 0.25) is 0 Å². The number of hydrogen-bond donors (Lipinski definition) is 3. The maximum absolute atomic E-state index is 10.8. The zero-order valence-corrected chi connectivity index (χ0v) is 13.1. The number of carbonyl (C=O) groups is 1. The van der Waals surface area contributed by atoms with Crippen LogP contribution < -0.4 is 11.1 Å². The predicted octanol–water partition coefficient (Wildman–Crippen LogP) is 3.08. The van der Waals surface area contributed by atoms with Crippen LogP contribution in [-0.2, 0) is 4.79 Å². The molecule has 0 bridgehead atoms. The van der Waals surface area contributed by atoms with Crippen molar-refractivity contribution in [2.45, 2.75) is 32.9 Å². The third-order valence-electron chi connectivity index (χ3n) is 2.99. The van der Waals surface area contributed by atoms with E-state index in [2.05, 4.69) is 37.1 Å². The molecular weight excluding hydrogens is 294 g/mol. The fourth-order valence-electron chi connectivity index (χ4n) is 1.97. The van der Waals surface area contributed by atoms with Crippen LogP contribution in [0.2, 0.25) is 0 Å². The molecule has 2 rings (SSSR count). The van der Waals surface area contributed by atoms with Crippen LogP contribution in [0.1, 0.15) is 40.0 Å². The summed E-state index contributed by atoms with van der Waals surface area (Å²) in [4.78, 5) is 17.6. The molecule has 2 heterocycles. The number of aromatic nitrogens is 1. The second kappa shape index (κ2) is 5.90. The number of carboxylic acid groups (broad SMARTS) is 1. The summed E-state index contributed by atoms with van der Waals surface area (Å²) in [6, 6.07) is 1.22. The average molecular weight is 311 g/mol. The third-order valence-corrected chi connectivity index (χ3v) is 4.77. The van der Waals surface area contributed by atoms with Gasteiger partial charge in [0.05, 0.1) is 11.7 Å². The van der Waals surface area contributed by atoms with E-state index in [1.165, 1.54) is 26.7 Å². The molecule has 2 aromatic rings. The normalized spacial score (nSPS) is 14.0. The van der Waals surface area contributed by atoms with Crippen LogP contribution >= 0.6 is 22.7 Å². The molecular formula is C13H17N3O2S2. The molecule has 0 saturated heterocycles. The van der Waals surface area contributed by atoms with Gasteiger partial charge in [-0.25, -0.2) is 4.98 Å². The lowest BCUT2D eigenvalue weighted by Crippen LogP contribution is -2.21. The van der Waals surface area contributed by atoms with Crippen molar-refractivity contribution in [2.24, 2.45) is 5.73 Å². The van der Waals surface area contributed by atoms with Gasteiger partial charge in [-0.1, -0.05) is 0 Å². The number of hydrogen-bond acceptors (Lipinski definition) is 6. The van der Waals surface area contributed by atoms with E-state index >= 15 is 0 Å². The van der Waals surface area contributed by atoms with Gasteiger partial charge in [-0.3, -0.25) is 4.79 Å². The Hall–Kier alpha value is -1.44. The molecule has 0 aliphatic carbocycles. The summed E-state index contributed by atoms with van der Waals surface area (Å²) >= 11 is 3.14. The van der Waals surface area contributed by atoms with Gasteiger partial charge in [-0.05, 0) is 32.4 Å². The van der Waals surface area contributed by atoms with E-state index in [1.54, 1.807) is 16.7 Å². The van der Waals surface area contributed by atoms with Crippen LogP contribution in [0, 0.1) is 13.8 Å². The van der Waals surface area contributed by atoms with Crippen LogP contribution in [0.15, 0.2) is 11.4 Å². The van der Waals surface area contributed by atoms with E-state index in [4.69, 9.17) is 10.8 Å². The van der Waals surface area contributed by atoms with Gasteiger partial charge in [0, 0.05) is 15.1 Å². The lowest BCUT2D eigenvalue weighted by atomic mass is 10.1. The molecule has 7 heteroatoms. The fraction of sp³-hybridized carbons (Fsp3) is 0.385. The topological polar surface area (TPSA) is 88.2 Å². The van der Waals surface area contributed by atoms with Gasteiger partial charge in [0.25, 0.3) is 0 Å². The van der Waals surface area contributed by atoms with Crippen molar-refractivity contribution in [1.29, 1.82) is 0 Å². The maximum Gasteiger partial charge on any atom is 0.326 e. The Morgan fingerprint density at radius 3 is 2.75 bits per heavy atom. The Balaban J connectivity index is 2.10. The summed E-state index contributed by atoms with van der Waals surface area (Å²) in [7, 11) is 0. The SMILES string of the molecule is Cc1cc(C(C)Nc2nc(C(N)C(=O)O)cs2)c(C)s1. The number of nitrogens with two attached hydrogens (primary N) is 1. The molecule has 0 amide bonds. The number of carboxylic acids is 1. The zero-order chi connectivity index (χ0) is 14.9. The van der Waals surface area contributed by atoms with E-state index in [0.717, 1.165) is 0 Å². The highest BCUT2D eigenvalue weighted by molar-refractivity contribution is 7.13. The molecule has 2 atom stereocenters.